The molecule has 0 fully saturated rings. The third-order valence-corrected chi connectivity index (χ3v) is 16.5. The summed E-state index contributed by atoms with van der Waals surface area (Å²) in [5.41, 5.74) is 0. The van der Waals surface area contributed by atoms with Gasteiger partial charge in [0.1, 0.15) is 19.8 Å². The molecule has 0 aromatic heterocycles. The van der Waals surface area contributed by atoms with Gasteiger partial charge in [-0.1, -0.05) is 322 Å². The van der Waals surface area contributed by atoms with E-state index in [2.05, 4.69) is 233 Å². The minimum atomic E-state index is -4.67. The number of unbranched alkanes of at least 4 members (excludes halogenated alkanes) is 18. The van der Waals surface area contributed by atoms with Gasteiger partial charge in [-0.05, 0) is 154 Å². The summed E-state index contributed by atoms with van der Waals surface area (Å²) in [7, 11) is 1.12. The fraction of sp³-hybridized carbons (Fsp3) is 0.568. The largest absolute Gasteiger partial charge is 0.756 e. The van der Waals surface area contributed by atoms with Gasteiger partial charge in [0.05, 0.1) is 27.7 Å². The molecular weight excluding hydrogens is 1230 g/mol. The molecule has 0 amide bonds. The second kappa shape index (κ2) is 75.5. The Hall–Kier alpha value is -5.67. The molecule has 0 aliphatic rings. The molecule has 550 valence electrons. The zero-order valence-corrected chi connectivity index (χ0v) is 63.5. The SMILES string of the molecule is CC/C=C\C/C=C\C/C=C\C/C=C\C/C=C\C/C=C\C/C=C\C/C=C\C/C=C\C/C=C\CCCCCCC(=O)OC(COC(=O)CCCCCCCCCCCCCCCC/C=C\C/C=C\C/C=C\C/C=C\C/C=C\C/C=C\C/C=C\C/C=C\CC)COP(=O)([O-])OCC[N+](C)(C)C. The average molecular weight is 1370 g/mol. The average Bonchev–Trinajstić information content (AvgIpc) is 1.08. The molecule has 2 atom stereocenters. The second-order valence-electron chi connectivity index (χ2n) is 25.9. The molecule has 0 aliphatic heterocycles. The van der Waals surface area contributed by atoms with Crippen molar-refractivity contribution in [2.75, 3.05) is 47.5 Å². The van der Waals surface area contributed by atoms with Crippen molar-refractivity contribution in [3.05, 3.63) is 219 Å². The van der Waals surface area contributed by atoms with E-state index in [1.165, 1.54) is 70.6 Å². The zero-order valence-electron chi connectivity index (χ0n) is 62.6. The van der Waals surface area contributed by atoms with Gasteiger partial charge in [-0.3, -0.25) is 14.2 Å². The van der Waals surface area contributed by atoms with Crippen LogP contribution in [0.3, 0.4) is 0 Å². The molecule has 10 heteroatoms. The van der Waals surface area contributed by atoms with E-state index in [0.717, 1.165) is 161 Å². The van der Waals surface area contributed by atoms with E-state index >= 15 is 0 Å². The maximum Gasteiger partial charge on any atom is 0.306 e. The van der Waals surface area contributed by atoms with Crippen molar-refractivity contribution < 1.29 is 42.1 Å². The molecule has 0 aromatic rings. The first-order valence-electron chi connectivity index (χ1n) is 38.4. The van der Waals surface area contributed by atoms with Crippen LogP contribution in [0.1, 0.15) is 271 Å². The Bertz CT molecular complexity index is 2460. The monoisotopic (exact) mass is 1370 g/mol. The lowest BCUT2D eigenvalue weighted by molar-refractivity contribution is -0.870. The smallest absolute Gasteiger partial charge is 0.306 e. The number of hydrogen-bond acceptors (Lipinski definition) is 8. The fourth-order valence-corrected chi connectivity index (χ4v) is 10.4. The van der Waals surface area contributed by atoms with Gasteiger partial charge in [-0.15, -0.1) is 0 Å². The van der Waals surface area contributed by atoms with Crippen molar-refractivity contribution in [1.29, 1.82) is 0 Å². The maximum atomic E-state index is 12.9. The van der Waals surface area contributed by atoms with Crippen molar-refractivity contribution in [3.8, 4) is 0 Å². The number of carbonyl (C=O) groups is 2. The van der Waals surface area contributed by atoms with Gasteiger partial charge in [-0.2, -0.15) is 0 Å². The Morgan fingerprint density at radius 3 is 0.816 bits per heavy atom. The van der Waals surface area contributed by atoms with Crippen molar-refractivity contribution in [1.82, 2.24) is 0 Å². The van der Waals surface area contributed by atoms with Gasteiger partial charge < -0.3 is 27.9 Å². The minimum absolute atomic E-state index is 0.0472. The number of hydrogen-bond donors (Lipinski definition) is 0. The molecule has 0 aromatic carbocycles. The number of phosphoric ester groups is 1. The van der Waals surface area contributed by atoms with Crippen molar-refractivity contribution in [2.45, 2.75) is 277 Å². The van der Waals surface area contributed by atoms with Crippen molar-refractivity contribution >= 4 is 19.8 Å². The summed E-state index contributed by atoms with van der Waals surface area (Å²) in [6.45, 7) is 3.96. The van der Waals surface area contributed by atoms with Gasteiger partial charge in [-0.25, -0.2) is 0 Å². The maximum absolute atomic E-state index is 12.9. The van der Waals surface area contributed by atoms with Crippen LogP contribution in [0.2, 0.25) is 0 Å². The Labute approximate surface area is 601 Å². The number of phosphoric acid groups is 1. The highest BCUT2D eigenvalue weighted by atomic mass is 31.2. The topological polar surface area (TPSA) is 111 Å². The summed E-state index contributed by atoms with van der Waals surface area (Å²) in [5.74, 6) is -0.875. The van der Waals surface area contributed by atoms with Gasteiger partial charge in [0.25, 0.3) is 7.82 Å². The van der Waals surface area contributed by atoms with Gasteiger partial charge in [0.2, 0.25) is 0 Å². The van der Waals surface area contributed by atoms with Gasteiger partial charge >= 0.3 is 11.9 Å². The van der Waals surface area contributed by atoms with Crippen LogP contribution in [0.4, 0.5) is 0 Å². The lowest BCUT2D eigenvalue weighted by Gasteiger charge is -2.28. The molecule has 0 radical (unpaired) electrons. The van der Waals surface area contributed by atoms with E-state index in [4.69, 9.17) is 18.5 Å². The predicted molar refractivity (Wildman–Crippen MR) is 424 cm³/mol. The van der Waals surface area contributed by atoms with Crippen LogP contribution in [0.25, 0.3) is 0 Å². The van der Waals surface area contributed by atoms with Crippen LogP contribution < -0.4 is 4.89 Å². The van der Waals surface area contributed by atoms with E-state index in [1.807, 2.05) is 21.1 Å². The lowest BCUT2D eigenvalue weighted by Crippen LogP contribution is -2.37. The van der Waals surface area contributed by atoms with Crippen LogP contribution in [0.5, 0.6) is 0 Å². The molecular formula is C88H140NO8P. The van der Waals surface area contributed by atoms with Crippen LogP contribution in [-0.2, 0) is 32.7 Å². The highest BCUT2D eigenvalue weighted by Crippen LogP contribution is 2.38. The van der Waals surface area contributed by atoms with E-state index in [9.17, 15) is 19.0 Å². The fourth-order valence-electron chi connectivity index (χ4n) is 9.70. The predicted octanol–water partition coefficient (Wildman–Crippen LogP) is 25.3. The first kappa shape index (κ1) is 92.3. The number of rotatable bonds is 68. The van der Waals surface area contributed by atoms with E-state index in [0.29, 0.717) is 23.9 Å². The molecule has 0 saturated heterocycles. The Balaban J connectivity index is 4.13. The van der Waals surface area contributed by atoms with E-state index < -0.39 is 32.5 Å². The summed E-state index contributed by atoms with van der Waals surface area (Å²) >= 11 is 0. The highest BCUT2D eigenvalue weighted by molar-refractivity contribution is 7.45. The Kier molecular flexibility index (Phi) is 71.2. The number of carbonyl (C=O) groups excluding carboxylic acids is 2. The second-order valence-corrected chi connectivity index (χ2v) is 27.3. The Morgan fingerprint density at radius 1 is 0.316 bits per heavy atom. The summed E-state index contributed by atoms with van der Waals surface area (Å²) in [5, 5.41) is 0. The quantitative estimate of drug-likeness (QED) is 0.0195. The van der Waals surface area contributed by atoms with E-state index in [1.54, 1.807) is 0 Å². The molecule has 0 heterocycles. The number of allylic oxidation sites excluding steroid dienone is 36. The summed E-state index contributed by atoms with van der Waals surface area (Å²) in [6.07, 6.45) is 120. The molecule has 0 spiro atoms. The molecule has 2 unspecified atom stereocenters. The molecule has 0 aliphatic carbocycles. The van der Waals surface area contributed by atoms with Crippen LogP contribution in [-0.4, -0.2) is 70.0 Å². The number of likely N-dealkylation sites (N-methyl/N-ethyl adjacent to an activating group) is 1. The number of nitrogens with zero attached hydrogens (tertiary/aromatic N) is 1. The summed E-state index contributed by atoms with van der Waals surface area (Å²) in [4.78, 5) is 38.2. The van der Waals surface area contributed by atoms with Crippen LogP contribution in [0.15, 0.2) is 219 Å². The van der Waals surface area contributed by atoms with Crippen LogP contribution in [0, 0.1) is 0 Å². The normalized spacial score (nSPS) is 14.3. The standard InChI is InChI=1S/C88H140NO8P/c1-6-8-10-12-14-16-18-20-22-24-26-28-30-32-34-36-38-40-42-43-44-45-47-48-50-52-54-56-58-60-62-64-66-68-70-72-74-76-78-80-87(90)94-84-86(85-96-98(92,93)95-83-82-89(3,4)5)97-88(91)81-79-77-75-73-71-69-67-65-63-61-59-57-55-53-51-49-46-41-39-37-35-33-31-29-27-25-23-21-19-17-15-13-11-9-7-2/h8-11,14-17,20-23,26-29,32-35,38-41,43-44,47-49,51,55,57,61,63,67,69,86H,6-7,12-13,18-19,24-25,30-31,36-37,42,45-46,50,52-54,56,58-60,62,64-66,68,70-85H2,1-5H3/b10-8-,11-9-,16-14-,17-15-,22-20-,23-21-,28-26-,29-27-,34-32-,35-33-,40-38-,41-39-,44-43-,48-47-,51-49-,57-55-,63-61-,69-67-. The number of ether oxygens (including phenoxy) is 2. The number of esters is 2. The third kappa shape index (κ3) is 79.3. The molecule has 9 nitrogen and oxygen atoms in total. The molecule has 0 N–H and O–H groups in total. The molecule has 98 heavy (non-hydrogen) atoms. The third-order valence-electron chi connectivity index (χ3n) is 15.5. The Morgan fingerprint density at radius 2 is 0.551 bits per heavy atom. The molecule has 0 saturated carbocycles. The molecule has 0 rings (SSSR count). The first-order valence-corrected chi connectivity index (χ1v) is 39.9. The highest BCUT2D eigenvalue weighted by Gasteiger charge is 2.22. The zero-order chi connectivity index (χ0) is 71.1. The lowest BCUT2D eigenvalue weighted by atomic mass is 10.0. The first-order chi connectivity index (χ1) is 48.0. The van der Waals surface area contributed by atoms with Gasteiger partial charge in [0, 0.05) is 12.8 Å². The molecule has 0 bridgehead atoms. The van der Waals surface area contributed by atoms with Gasteiger partial charge in [0.15, 0.2) is 6.10 Å². The summed E-state index contributed by atoms with van der Waals surface area (Å²) in [6, 6.07) is 0. The van der Waals surface area contributed by atoms with Crippen LogP contribution >= 0.6 is 7.82 Å². The van der Waals surface area contributed by atoms with Crippen molar-refractivity contribution in [3.63, 3.8) is 0 Å². The van der Waals surface area contributed by atoms with Crippen molar-refractivity contribution in [2.24, 2.45) is 0 Å². The minimum Gasteiger partial charge on any atom is -0.756 e. The van der Waals surface area contributed by atoms with E-state index in [-0.39, 0.29) is 26.1 Å². The number of quaternary nitrogens is 1. The summed E-state index contributed by atoms with van der Waals surface area (Å²) < 4.78 is 34.3.